The molecule has 3 amide bonds. The summed E-state index contributed by atoms with van der Waals surface area (Å²) in [5.41, 5.74) is -0.959. The molecule has 0 spiro atoms. The minimum absolute atomic E-state index is 0.0462. The number of carbonyl (C=O) groups excluding carboxylic acids is 3. The Bertz CT molecular complexity index is 934. The third kappa shape index (κ3) is 6.17. The van der Waals surface area contributed by atoms with Crippen molar-refractivity contribution >= 4 is 17.9 Å². The molecule has 0 radical (unpaired) electrons. The van der Waals surface area contributed by atoms with Crippen LogP contribution >= 0.6 is 0 Å². The van der Waals surface area contributed by atoms with E-state index in [4.69, 9.17) is 4.74 Å². The van der Waals surface area contributed by atoms with Crippen LogP contribution in [-0.4, -0.2) is 65.0 Å². The van der Waals surface area contributed by atoms with E-state index in [2.05, 4.69) is 5.32 Å². The Hall–Kier alpha value is -2.78. The van der Waals surface area contributed by atoms with Gasteiger partial charge in [0, 0.05) is 51.0 Å². The second-order valence-corrected chi connectivity index (χ2v) is 9.74. The van der Waals surface area contributed by atoms with Crippen molar-refractivity contribution in [3.05, 3.63) is 35.1 Å². The van der Waals surface area contributed by atoms with Gasteiger partial charge in [-0.15, -0.1) is 0 Å². The molecular weight excluding hydrogens is 439 g/mol. The number of nitrogens with zero attached hydrogens (tertiary/aromatic N) is 2. The van der Waals surface area contributed by atoms with Gasteiger partial charge in [0.2, 0.25) is 11.8 Å². The van der Waals surface area contributed by atoms with Gasteiger partial charge in [0.25, 0.3) is 0 Å². The fourth-order valence-electron chi connectivity index (χ4n) is 4.49. The number of nitrogens with one attached hydrogen (secondary N) is 1. The molecule has 33 heavy (non-hydrogen) atoms. The summed E-state index contributed by atoms with van der Waals surface area (Å²) in [4.78, 5) is 40.6. The lowest BCUT2D eigenvalue weighted by Gasteiger charge is -2.28. The lowest BCUT2D eigenvalue weighted by molar-refractivity contribution is -0.134. The number of hydrogen-bond acceptors (Lipinski definition) is 4. The van der Waals surface area contributed by atoms with Gasteiger partial charge in [-0.2, -0.15) is 0 Å². The lowest BCUT2D eigenvalue weighted by atomic mass is 10.0. The van der Waals surface area contributed by atoms with Crippen LogP contribution in [0.1, 0.15) is 46.1 Å². The Morgan fingerprint density at radius 2 is 1.79 bits per heavy atom. The molecule has 2 aliphatic heterocycles. The highest BCUT2D eigenvalue weighted by molar-refractivity contribution is 5.79. The average molecular weight is 470 g/mol. The molecule has 182 valence electrons. The van der Waals surface area contributed by atoms with Crippen molar-refractivity contribution in [1.29, 1.82) is 0 Å². The smallest absolute Gasteiger partial charge is 0.407 e. The van der Waals surface area contributed by atoms with Crippen LogP contribution in [0.3, 0.4) is 0 Å². The van der Waals surface area contributed by atoms with E-state index >= 15 is 0 Å². The molecule has 3 unspecified atom stereocenters. The van der Waals surface area contributed by atoms with Crippen molar-refractivity contribution in [3.8, 4) is 0 Å². The summed E-state index contributed by atoms with van der Waals surface area (Å²) in [5, 5.41) is 2.57. The molecule has 1 aromatic carbocycles. The third-order valence-electron chi connectivity index (χ3n) is 6.01. The molecule has 10 heteroatoms. The normalized spacial score (nSPS) is 21.1. The quantitative estimate of drug-likeness (QED) is 0.673. The first-order valence-corrected chi connectivity index (χ1v) is 11.0. The first-order chi connectivity index (χ1) is 15.3. The van der Waals surface area contributed by atoms with Gasteiger partial charge in [-0.05, 0) is 45.2 Å². The lowest BCUT2D eigenvalue weighted by Crippen LogP contribution is -2.46. The number of fused-ring (bicyclic) bond motifs is 1. The maximum Gasteiger partial charge on any atom is 0.407 e. The molecule has 2 heterocycles. The predicted octanol–water partition coefficient (Wildman–Crippen LogP) is 3.01. The van der Waals surface area contributed by atoms with Crippen LogP contribution in [0.15, 0.2) is 12.1 Å². The zero-order valence-corrected chi connectivity index (χ0v) is 19.3. The van der Waals surface area contributed by atoms with Crippen molar-refractivity contribution in [2.24, 2.45) is 5.92 Å². The Kier molecular flexibility index (Phi) is 7.23. The molecule has 2 aliphatic rings. The minimum Gasteiger partial charge on any atom is -0.444 e. The van der Waals surface area contributed by atoms with Crippen LogP contribution in [0, 0.1) is 23.4 Å². The highest BCUT2D eigenvalue weighted by atomic mass is 19.2. The van der Waals surface area contributed by atoms with E-state index in [9.17, 15) is 27.6 Å². The minimum atomic E-state index is -1.32. The number of hydrogen-bond donors (Lipinski definition) is 1. The molecule has 2 fully saturated rings. The number of alkyl carbamates (subject to hydrolysis) is 1. The molecule has 1 aromatic rings. The molecule has 0 aromatic heterocycles. The summed E-state index contributed by atoms with van der Waals surface area (Å²) in [5.74, 6) is -3.62. The van der Waals surface area contributed by atoms with Gasteiger partial charge in [-0.25, -0.2) is 18.0 Å². The molecule has 3 atom stereocenters. The fourth-order valence-corrected chi connectivity index (χ4v) is 4.49. The van der Waals surface area contributed by atoms with E-state index in [0.717, 1.165) is 12.5 Å². The van der Waals surface area contributed by atoms with E-state index < -0.39 is 35.2 Å². The van der Waals surface area contributed by atoms with Gasteiger partial charge in [-0.1, -0.05) is 0 Å². The van der Waals surface area contributed by atoms with Crippen molar-refractivity contribution in [1.82, 2.24) is 15.1 Å². The van der Waals surface area contributed by atoms with E-state index in [1.807, 2.05) is 0 Å². The summed E-state index contributed by atoms with van der Waals surface area (Å²) in [7, 11) is 0. The maximum absolute atomic E-state index is 14.2. The zero-order chi connectivity index (χ0) is 24.5. The first-order valence-electron chi connectivity index (χ1n) is 11.0. The molecule has 0 aliphatic carbocycles. The Labute approximate surface area is 191 Å². The number of halogens is 3. The molecule has 0 bridgehead atoms. The van der Waals surface area contributed by atoms with Gasteiger partial charge in [-0.3, -0.25) is 9.59 Å². The number of benzene rings is 1. The summed E-state index contributed by atoms with van der Waals surface area (Å²) in [6.45, 7) is 8.09. The molecule has 3 rings (SSSR count). The van der Waals surface area contributed by atoms with E-state index in [1.165, 1.54) is 6.92 Å². The largest absolute Gasteiger partial charge is 0.444 e. The van der Waals surface area contributed by atoms with E-state index in [0.29, 0.717) is 25.7 Å². The Balaban J connectivity index is 1.75. The molecule has 2 saturated heterocycles. The Morgan fingerprint density at radius 3 is 2.42 bits per heavy atom. The average Bonchev–Trinajstić information content (AvgIpc) is 3.25. The summed E-state index contributed by atoms with van der Waals surface area (Å²) >= 11 is 0. The van der Waals surface area contributed by atoms with Crippen molar-refractivity contribution in [3.63, 3.8) is 0 Å². The summed E-state index contributed by atoms with van der Waals surface area (Å²) < 4.78 is 46.5. The van der Waals surface area contributed by atoms with Gasteiger partial charge in [0.15, 0.2) is 11.6 Å². The van der Waals surface area contributed by atoms with Crippen LogP contribution in [0.2, 0.25) is 0 Å². The molecule has 7 nitrogen and oxygen atoms in total. The van der Waals surface area contributed by atoms with Gasteiger partial charge in [0.1, 0.15) is 11.4 Å². The van der Waals surface area contributed by atoms with Crippen molar-refractivity contribution < 1.29 is 32.3 Å². The van der Waals surface area contributed by atoms with Gasteiger partial charge >= 0.3 is 6.09 Å². The van der Waals surface area contributed by atoms with E-state index in [1.54, 1.807) is 30.6 Å². The fraction of sp³-hybridized carbons (Fsp3) is 0.609. The number of likely N-dealkylation sites (tertiary alicyclic amines) is 2. The maximum atomic E-state index is 14.2. The number of amides is 3. The second-order valence-electron chi connectivity index (χ2n) is 9.74. The van der Waals surface area contributed by atoms with Crippen LogP contribution in [0.5, 0.6) is 0 Å². The monoisotopic (exact) mass is 469 g/mol. The molecular formula is C23H30F3N3O4. The van der Waals surface area contributed by atoms with Crippen molar-refractivity contribution in [2.75, 3.05) is 19.6 Å². The topological polar surface area (TPSA) is 79.0 Å². The third-order valence-corrected chi connectivity index (χ3v) is 6.01. The number of rotatable bonds is 5. The van der Waals surface area contributed by atoms with Gasteiger partial charge < -0.3 is 19.9 Å². The standard InChI is InChI=1S/C23H30F3N3O4/c1-13(30)28-11-14-5-6-29(20(14)12-28)21(31)9-16(27-22(32)33-23(2,3)4)7-15-8-18(25)19(26)10-17(15)24/h8,10,14,16,20H,5-7,9,11-12H2,1-4H3,(H,27,32). The summed E-state index contributed by atoms with van der Waals surface area (Å²) in [6.07, 6.45) is -0.440. The number of carbonyl (C=O) groups is 3. The van der Waals surface area contributed by atoms with E-state index in [-0.39, 0.29) is 42.2 Å². The SMILES string of the molecule is CC(=O)N1CC2CCN(C(=O)CC(Cc3cc(F)c(F)cc3F)NC(=O)OC(C)(C)C)C2C1. The number of ether oxygens (including phenoxy) is 1. The Morgan fingerprint density at radius 1 is 1.12 bits per heavy atom. The van der Waals surface area contributed by atoms with Gasteiger partial charge in [0.05, 0.1) is 6.04 Å². The summed E-state index contributed by atoms with van der Waals surface area (Å²) in [6, 6.07) is 0.156. The van der Waals surface area contributed by atoms with Crippen LogP contribution in [0.25, 0.3) is 0 Å². The second kappa shape index (κ2) is 9.61. The predicted molar refractivity (Wildman–Crippen MR) is 114 cm³/mol. The zero-order valence-electron chi connectivity index (χ0n) is 19.3. The highest BCUT2D eigenvalue weighted by Crippen LogP contribution is 2.32. The van der Waals surface area contributed by atoms with Crippen LogP contribution < -0.4 is 5.32 Å². The van der Waals surface area contributed by atoms with Crippen LogP contribution in [-0.2, 0) is 20.7 Å². The molecule has 1 N–H and O–H groups in total. The molecule has 0 saturated carbocycles. The van der Waals surface area contributed by atoms with Crippen LogP contribution in [0.4, 0.5) is 18.0 Å². The first kappa shape index (κ1) is 24.9. The van der Waals surface area contributed by atoms with Crippen molar-refractivity contribution in [2.45, 2.75) is 64.6 Å². The highest BCUT2D eigenvalue weighted by Gasteiger charge is 2.44.